The van der Waals surface area contributed by atoms with Gasteiger partial charge in [0.05, 0.1) is 12.0 Å². The molecule has 12 heavy (non-hydrogen) atoms. The van der Waals surface area contributed by atoms with Crippen LogP contribution in [-0.4, -0.2) is 22.3 Å². The van der Waals surface area contributed by atoms with Crippen LogP contribution in [0.4, 0.5) is 0 Å². The first-order valence-electron chi connectivity index (χ1n) is 4.08. The standard InChI is InChI=1S/C9H14O3/c1-5-3-7(9(11)12)8(10)4-6(5)2/h7-8,10H,3-4H2,1-2H3,(H,11,12)/t7-,8-/m1/s1. The number of rotatable bonds is 1. The Hall–Kier alpha value is -0.830. The fourth-order valence-corrected chi connectivity index (χ4v) is 1.52. The average molecular weight is 170 g/mol. The highest BCUT2D eigenvalue weighted by molar-refractivity contribution is 5.71. The van der Waals surface area contributed by atoms with Crippen LogP contribution < -0.4 is 0 Å². The van der Waals surface area contributed by atoms with Crippen LogP contribution in [0.3, 0.4) is 0 Å². The number of aliphatic carboxylic acids is 1. The molecule has 2 atom stereocenters. The van der Waals surface area contributed by atoms with Gasteiger partial charge in [0.1, 0.15) is 0 Å². The molecule has 0 aromatic heterocycles. The number of hydrogen-bond donors (Lipinski definition) is 2. The van der Waals surface area contributed by atoms with Crippen molar-refractivity contribution in [3.63, 3.8) is 0 Å². The molecule has 0 unspecified atom stereocenters. The van der Waals surface area contributed by atoms with Crippen molar-refractivity contribution in [3.8, 4) is 0 Å². The summed E-state index contributed by atoms with van der Waals surface area (Å²) < 4.78 is 0. The Morgan fingerprint density at radius 2 is 1.83 bits per heavy atom. The maximum absolute atomic E-state index is 10.6. The molecule has 0 saturated carbocycles. The minimum absolute atomic E-state index is 0.488. The van der Waals surface area contributed by atoms with Gasteiger partial charge in [0.2, 0.25) is 0 Å². The first-order chi connectivity index (χ1) is 5.52. The van der Waals surface area contributed by atoms with Crippen LogP contribution >= 0.6 is 0 Å². The highest BCUT2D eigenvalue weighted by atomic mass is 16.4. The van der Waals surface area contributed by atoms with Crippen LogP contribution in [-0.2, 0) is 4.79 Å². The normalized spacial score (nSPS) is 30.6. The van der Waals surface area contributed by atoms with Crippen LogP contribution in [0.5, 0.6) is 0 Å². The molecule has 0 aliphatic heterocycles. The SMILES string of the molecule is CC1=C(C)C[C@@H](C(=O)O)[C@H](O)C1. The zero-order valence-electron chi connectivity index (χ0n) is 7.37. The molecule has 0 bridgehead atoms. The Morgan fingerprint density at radius 1 is 1.33 bits per heavy atom. The number of carbonyl (C=O) groups is 1. The van der Waals surface area contributed by atoms with Crippen molar-refractivity contribution in [2.75, 3.05) is 0 Å². The number of carboxylic acids is 1. The summed E-state index contributed by atoms with van der Waals surface area (Å²) in [6.45, 7) is 3.87. The number of allylic oxidation sites excluding steroid dienone is 1. The minimum Gasteiger partial charge on any atom is -0.481 e. The first-order valence-corrected chi connectivity index (χ1v) is 4.08. The van der Waals surface area contributed by atoms with Gasteiger partial charge in [0, 0.05) is 0 Å². The average Bonchev–Trinajstić information content (AvgIpc) is 1.96. The maximum Gasteiger partial charge on any atom is 0.309 e. The highest BCUT2D eigenvalue weighted by Gasteiger charge is 2.30. The Kier molecular flexibility index (Phi) is 2.52. The largest absolute Gasteiger partial charge is 0.481 e. The van der Waals surface area contributed by atoms with Crippen molar-refractivity contribution in [3.05, 3.63) is 11.1 Å². The molecule has 0 aromatic rings. The molecule has 0 saturated heterocycles. The van der Waals surface area contributed by atoms with Gasteiger partial charge in [-0.1, -0.05) is 11.1 Å². The van der Waals surface area contributed by atoms with E-state index in [1.165, 1.54) is 0 Å². The molecule has 2 N–H and O–H groups in total. The molecule has 68 valence electrons. The van der Waals surface area contributed by atoms with E-state index >= 15 is 0 Å². The lowest BCUT2D eigenvalue weighted by Gasteiger charge is -2.26. The summed E-state index contributed by atoms with van der Waals surface area (Å²) in [6.07, 6.45) is 0.289. The van der Waals surface area contributed by atoms with Gasteiger partial charge in [0.15, 0.2) is 0 Å². The minimum atomic E-state index is -0.894. The van der Waals surface area contributed by atoms with E-state index in [0.29, 0.717) is 12.8 Å². The molecule has 0 fully saturated rings. The van der Waals surface area contributed by atoms with E-state index in [9.17, 15) is 9.90 Å². The molecule has 0 heterocycles. The summed E-state index contributed by atoms with van der Waals surface area (Å²) in [5.74, 6) is -1.50. The molecule has 1 aliphatic rings. The zero-order chi connectivity index (χ0) is 9.30. The quantitative estimate of drug-likeness (QED) is 0.581. The van der Waals surface area contributed by atoms with Gasteiger partial charge in [-0.3, -0.25) is 4.79 Å². The second kappa shape index (κ2) is 3.27. The second-order valence-corrected chi connectivity index (χ2v) is 3.48. The topological polar surface area (TPSA) is 57.5 Å². The summed E-state index contributed by atoms with van der Waals surface area (Å²) in [7, 11) is 0. The molecule has 3 heteroatoms. The van der Waals surface area contributed by atoms with E-state index in [1.54, 1.807) is 0 Å². The van der Waals surface area contributed by atoms with E-state index in [4.69, 9.17) is 5.11 Å². The molecule has 1 aliphatic carbocycles. The van der Waals surface area contributed by atoms with Crippen molar-refractivity contribution < 1.29 is 15.0 Å². The van der Waals surface area contributed by atoms with Gasteiger partial charge in [-0.25, -0.2) is 0 Å². The van der Waals surface area contributed by atoms with Gasteiger partial charge in [-0.2, -0.15) is 0 Å². The summed E-state index contributed by atoms with van der Waals surface area (Å²) in [5.41, 5.74) is 2.23. The second-order valence-electron chi connectivity index (χ2n) is 3.48. The Bertz CT molecular complexity index is 230. The Labute approximate surface area is 71.7 Å². The highest BCUT2D eigenvalue weighted by Crippen LogP contribution is 2.29. The fourth-order valence-electron chi connectivity index (χ4n) is 1.52. The van der Waals surface area contributed by atoms with E-state index in [1.807, 2.05) is 13.8 Å². The number of aliphatic hydroxyl groups is 1. The Balaban J connectivity index is 2.79. The zero-order valence-corrected chi connectivity index (χ0v) is 7.37. The molecule has 0 amide bonds. The summed E-state index contributed by atoms with van der Waals surface area (Å²) >= 11 is 0. The Morgan fingerprint density at radius 3 is 2.33 bits per heavy atom. The van der Waals surface area contributed by atoms with Crippen LogP contribution in [0.2, 0.25) is 0 Å². The molecule has 0 spiro atoms. The molecular weight excluding hydrogens is 156 g/mol. The van der Waals surface area contributed by atoms with Gasteiger partial charge in [0.25, 0.3) is 0 Å². The fraction of sp³-hybridized carbons (Fsp3) is 0.667. The lowest BCUT2D eigenvalue weighted by atomic mass is 9.83. The van der Waals surface area contributed by atoms with Crippen LogP contribution in [0.15, 0.2) is 11.1 Å². The third kappa shape index (κ3) is 1.67. The van der Waals surface area contributed by atoms with Crippen molar-refractivity contribution in [2.24, 2.45) is 5.92 Å². The predicted molar refractivity (Wildman–Crippen MR) is 44.7 cm³/mol. The molecule has 0 radical (unpaired) electrons. The number of aliphatic hydroxyl groups excluding tert-OH is 1. The van der Waals surface area contributed by atoms with Crippen LogP contribution in [0.1, 0.15) is 26.7 Å². The van der Waals surface area contributed by atoms with Crippen LogP contribution in [0, 0.1) is 5.92 Å². The lowest BCUT2D eigenvalue weighted by molar-refractivity contribution is -0.145. The third-order valence-electron chi connectivity index (χ3n) is 2.55. The third-order valence-corrected chi connectivity index (χ3v) is 2.55. The monoisotopic (exact) mass is 170 g/mol. The van der Waals surface area contributed by atoms with Crippen molar-refractivity contribution in [1.29, 1.82) is 0 Å². The van der Waals surface area contributed by atoms with E-state index in [-0.39, 0.29) is 0 Å². The summed E-state index contributed by atoms with van der Waals surface area (Å²) in [4.78, 5) is 10.6. The maximum atomic E-state index is 10.6. The van der Waals surface area contributed by atoms with Crippen molar-refractivity contribution in [1.82, 2.24) is 0 Å². The molecular formula is C9H14O3. The smallest absolute Gasteiger partial charge is 0.309 e. The summed E-state index contributed by atoms with van der Waals surface area (Å²) in [6, 6.07) is 0. The van der Waals surface area contributed by atoms with Gasteiger partial charge >= 0.3 is 5.97 Å². The lowest BCUT2D eigenvalue weighted by Crippen LogP contribution is -2.31. The van der Waals surface area contributed by atoms with E-state index < -0.39 is 18.0 Å². The number of carboxylic acid groups (broad SMARTS) is 1. The van der Waals surface area contributed by atoms with E-state index in [2.05, 4.69) is 0 Å². The van der Waals surface area contributed by atoms with E-state index in [0.717, 1.165) is 11.1 Å². The first kappa shape index (κ1) is 9.26. The molecule has 0 aromatic carbocycles. The van der Waals surface area contributed by atoms with Gasteiger partial charge in [-0.15, -0.1) is 0 Å². The molecule has 1 rings (SSSR count). The van der Waals surface area contributed by atoms with Crippen LogP contribution in [0.25, 0.3) is 0 Å². The number of hydrogen-bond acceptors (Lipinski definition) is 2. The molecule has 3 nitrogen and oxygen atoms in total. The van der Waals surface area contributed by atoms with Gasteiger partial charge < -0.3 is 10.2 Å². The summed E-state index contributed by atoms with van der Waals surface area (Å²) in [5, 5.41) is 18.1. The van der Waals surface area contributed by atoms with Crippen molar-refractivity contribution in [2.45, 2.75) is 32.8 Å². The predicted octanol–water partition coefficient (Wildman–Crippen LogP) is 1.18. The van der Waals surface area contributed by atoms with Gasteiger partial charge in [-0.05, 0) is 26.7 Å². The van der Waals surface area contributed by atoms with Crippen molar-refractivity contribution >= 4 is 5.97 Å².